The molecule has 0 saturated carbocycles. The number of furan rings is 1. The van der Waals surface area contributed by atoms with Gasteiger partial charge in [-0.2, -0.15) is 0 Å². The first-order valence-corrected chi connectivity index (χ1v) is 8.49. The van der Waals surface area contributed by atoms with Gasteiger partial charge in [-0.3, -0.25) is 4.79 Å². The smallest absolute Gasteiger partial charge is 0.252 e. The Morgan fingerprint density at radius 3 is 2.76 bits per heavy atom. The van der Waals surface area contributed by atoms with E-state index in [2.05, 4.69) is 10.3 Å². The second-order valence-corrected chi connectivity index (χ2v) is 6.20. The van der Waals surface area contributed by atoms with Crippen molar-refractivity contribution in [2.75, 3.05) is 6.61 Å². The van der Waals surface area contributed by atoms with E-state index in [-0.39, 0.29) is 24.5 Å². The zero-order valence-electron chi connectivity index (χ0n) is 14.4. The summed E-state index contributed by atoms with van der Waals surface area (Å²) >= 11 is 0. The van der Waals surface area contributed by atoms with Crippen LogP contribution in [0.1, 0.15) is 30.6 Å². The van der Waals surface area contributed by atoms with Crippen LogP contribution in [0.5, 0.6) is 0 Å². The van der Waals surface area contributed by atoms with Crippen molar-refractivity contribution in [2.45, 2.75) is 26.3 Å². The SMILES string of the molecule is CC[C@H](C)[C@@H](CO)NC(=O)c1cc(-c2ccco2)nc2ccccc12. The number of hydrogen-bond donors (Lipinski definition) is 2. The standard InChI is InChI=1S/C20H22N2O3/c1-3-13(2)18(12-23)22-20(24)15-11-17(19-9-6-10-25-19)21-16-8-5-4-7-14(15)16/h4-11,13,18,23H,3,12H2,1-2H3,(H,22,24)/t13-,18+/m0/s1. The van der Waals surface area contributed by atoms with Crippen LogP contribution in [-0.4, -0.2) is 28.6 Å². The summed E-state index contributed by atoms with van der Waals surface area (Å²) in [6, 6.07) is 12.6. The van der Waals surface area contributed by atoms with E-state index in [4.69, 9.17) is 4.42 Å². The highest BCUT2D eigenvalue weighted by molar-refractivity contribution is 6.07. The molecule has 3 rings (SSSR count). The maximum atomic E-state index is 12.9. The van der Waals surface area contributed by atoms with Gasteiger partial charge >= 0.3 is 0 Å². The molecule has 0 spiro atoms. The summed E-state index contributed by atoms with van der Waals surface area (Å²) in [5.74, 6) is 0.581. The fourth-order valence-electron chi connectivity index (χ4n) is 2.81. The second kappa shape index (κ2) is 7.49. The van der Waals surface area contributed by atoms with E-state index in [9.17, 15) is 9.90 Å². The lowest BCUT2D eigenvalue weighted by molar-refractivity contribution is 0.0893. The minimum atomic E-state index is -0.281. The van der Waals surface area contributed by atoms with Crippen molar-refractivity contribution in [3.8, 4) is 11.5 Å². The van der Waals surface area contributed by atoms with Gasteiger partial charge in [0.05, 0.1) is 30.0 Å². The molecule has 0 aliphatic heterocycles. The highest BCUT2D eigenvalue weighted by atomic mass is 16.3. The molecule has 1 amide bonds. The van der Waals surface area contributed by atoms with Crippen LogP contribution in [0.15, 0.2) is 53.1 Å². The van der Waals surface area contributed by atoms with Gasteiger partial charge in [0.25, 0.3) is 5.91 Å². The van der Waals surface area contributed by atoms with Crippen molar-refractivity contribution in [1.82, 2.24) is 10.3 Å². The number of nitrogens with one attached hydrogen (secondary N) is 1. The number of aliphatic hydroxyl groups excluding tert-OH is 1. The Bertz CT molecular complexity index is 859. The third kappa shape index (κ3) is 3.56. The fourth-order valence-corrected chi connectivity index (χ4v) is 2.81. The Morgan fingerprint density at radius 1 is 1.28 bits per heavy atom. The zero-order chi connectivity index (χ0) is 17.8. The number of pyridine rings is 1. The number of hydrogen-bond acceptors (Lipinski definition) is 4. The number of nitrogens with zero attached hydrogens (tertiary/aromatic N) is 1. The lowest BCUT2D eigenvalue weighted by atomic mass is 9.99. The monoisotopic (exact) mass is 338 g/mol. The van der Waals surface area contributed by atoms with Gasteiger partial charge in [0.15, 0.2) is 5.76 Å². The number of aliphatic hydroxyl groups is 1. The highest BCUT2D eigenvalue weighted by Crippen LogP contribution is 2.25. The molecule has 2 aromatic heterocycles. The number of aromatic nitrogens is 1. The first-order valence-electron chi connectivity index (χ1n) is 8.49. The molecule has 25 heavy (non-hydrogen) atoms. The zero-order valence-corrected chi connectivity index (χ0v) is 14.4. The second-order valence-electron chi connectivity index (χ2n) is 6.20. The van der Waals surface area contributed by atoms with Gasteiger partial charge < -0.3 is 14.8 Å². The lowest BCUT2D eigenvalue weighted by Gasteiger charge is -2.22. The predicted molar refractivity (Wildman–Crippen MR) is 97.2 cm³/mol. The molecular formula is C20H22N2O3. The summed E-state index contributed by atoms with van der Waals surface area (Å²) in [5, 5.41) is 13.3. The summed E-state index contributed by atoms with van der Waals surface area (Å²) in [7, 11) is 0. The average Bonchev–Trinajstić information content (AvgIpc) is 3.19. The van der Waals surface area contributed by atoms with Crippen LogP contribution in [0.2, 0.25) is 0 Å². The molecule has 5 heteroatoms. The molecule has 0 unspecified atom stereocenters. The lowest BCUT2D eigenvalue weighted by Crippen LogP contribution is -2.42. The van der Waals surface area contributed by atoms with Crippen molar-refractivity contribution in [2.24, 2.45) is 5.92 Å². The summed E-state index contributed by atoms with van der Waals surface area (Å²) < 4.78 is 5.43. The molecule has 0 radical (unpaired) electrons. The number of benzene rings is 1. The topological polar surface area (TPSA) is 75.4 Å². The third-order valence-corrected chi connectivity index (χ3v) is 4.58. The quantitative estimate of drug-likeness (QED) is 0.719. The molecule has 0 saturated heterocycles. The summed E-state index contributed by atoms with van der Waals surface area (Å²) in [4.78, 5) is 17.5. The molecule has 0 bridgehead atoms. The van der Waals surface area contributed by atoms with Gasteiger partial charge in [-0.15, -0.1) is 0 Å². The van der Waals surface area contributed by atoms with Crippen LogP contribution in [0.25, 0.3) is 22.4 Å². The molecule has 0 aliphatic carbocycles. The molecule has 1 aromatic carbocycles. The van der Waals surface area contributed by atoms with Gasteiger partial charge in [0.1, 0.15) is 5.69 Å². The Morgan fingerprint density at radius 2 is 2.08 bits per heavy atom. The minimum Gasteiger partial charge on any atom is -0.463 e. The van der Waals surface area contributed by atoms with E-state index in [0.717, 1.165) is 17.3 Å². The van der Waals surface area contributed by atoms with E-state index in [1.165, 1.54) is 0 Å². The van der Waals surface area contributed by atoms with Crippen LogP contribution in [-0.2, 0) is 0 Å². The van der Waals surface area contributed by atoms with Gasteiger partial charge in [0.2, 0.25) is 0 Å². The maximum absolute atomic E-state index is 12.9. The van der Waals surface area contributed by atoms with Crippen molar-refractivity contribution < 1.29 is 14.3 Å². The van der Waals surface area contributed by atoms with E-state index in [1.807, 2.05) is 44.2 Å². The molecule has 0 fully saturated rings. The molecule has 2 heterocycles. The largest absolute Gasteiger partial charge is 0.463 e. The van der Waals surface area contributed by atoms with Crippen molar-refractivity contribution in [3.05, 3.63) is 54.3 Å². The molecule has 0 aliphatic rings. The number of rotatable bonds is 6. The third-order valence-electron chi connectivity index (χ3n) is 4.58. The Labute approximate surface area is 146 Å². The maximum Gasteiger partial charge on any atom is 0.252 e. The van der Waals surface area contributed by atoms with Gasteiger partial charge in [-0.05, 0) is 30.2 Å². The van der Waals surface area contributed by atoms with Crippen LogP contribution >= 0.6 is 0 Å². The highest BCUT2D eigenvalue weighted by Gasteiger charge is 2.21. The Kier molecular flexibility index (Phi) is 5.14. The van der Waals surface area contributed by atoms with Crippen LogP contribution < -0.4 is 5.32 Å². The summed E-state index contributed by atoms with van der Waals surface area (Å²) in [6.07, 6.45) is 2.46. The average molecular weight is 338 g/mol. The molecule has 2 N–H and O–H groups in total. The minimum absolute atomic E-state index is 0.0885. The summed E-state index contributed by atoms with van der Waals surface area (Å²) in [6.45, 7) is 3.96. The normalized spacial score (nSPS) is 13.6. The van der Waals surface area contributed by atoms with Gasteiger partial charge in [-0.25, -0.2) is 4.98 Å². The van der Waals surface area contributed by atoms with Crippen molar-refractivity contribution in [3.63, 3.8) is 0 Å². The van der Waals surface area contributed by atoms with Gasteiger partial charge in [0, 0.05) is 5.39 Å². The molecule has 3 aromatic rings. The van der Waals surface area contributed by atoms with Crippen LogP contribution in [0.3, 0.4) is 0 Å². The fraction of sp³-hybridized carbons (Fsp3) is 0.300. The number of fused-ring (bicyclic) bond motifs is 1. The molecule has 5 nitrogen and oxygen atoms in total. The van der Waals surface area contributed by atoms with Crippen molar-refractivity contribution in [1.29, 1.82) is 0 Å². The predicted octanol–water partition coefficient (Wildman–Crippen LogP) is 3.63. The van der Waals surface area contributed by atoms with E-state index in [1.54, 1.807) is 18.4 Å². The van der Waals surface area contributed by atoms with E-state index < -0.39 is 0 Å². The first-order chi connectivity index (χ1) is 12.1. The Hall–Kier alpha value is -2.66. The molecule has 130 valence electrons. The van der Waals surface area contributed by atoms with Gasteiger partial charge in [-0.1, -0.05) is 38.5 Å². The number of carbonyl (C=O) groups excluding carboxylic acids is 1. The number of para-hydroxylation sites is 1. The summed E-state index contributed by atoms with van der Waals surface area (Å²) in [5.41, 5.74) is 1.86. The Balaban J connectivity index is 2.03. The van der Waals surface area contributed by atoms with Crippen LogP contribution in [0, 0.1) is 5.92 Å². The molecule has 2 atom stereocenters. The number of carbonyl (C=O) groups is 1. The molecular weight excluding hydrogens is 316 g/mol. The van der Waals surface area contributed by atoms with Crippen LogP contribution in [0.4, 0.5) is 0 Å². The van der Waals surface area contributed by atoms with Crippen molar-refractivity contribution >= 4 is 16.8 Å². The number of amides is 1. The van der Waals surface area contributed by atoms with E-state index >= 15 is 0 Å². The first kappa shape index (κ1) is 17.2. The van der Waals surface area contributed by atoms with E-state index in [0.29, 0.717) is 17.0 Å².